The van der Waals surface area contributed by atoms with E-state index in [1.54, 1.807) is 49.6 Å². The summed E-state index contributed by atoms with van der Waals surface area (Å²) in [5.74, 6) is 0.870. The Bertz CT molecular complexity index is 1070. The fourth-order valence-electron chi connectivity index (χ4n) is 3.74. The summed E-state index contributed by atoms with van der Waals surface area (Å²) < 4.78 is 29.7. The van der Waals surface area contributed by atoms with E-state index in [4.69, 9.17) is 14.0 Å². The van der Waals surface area contributed by atoms with E-state index in [0.717, 1.165) is 5.56 Å². The number of benzene rings is 2. The molecular formula is C24H26FN3O5. The second-order valence-electron chi connectivity index (χ2n) is 7.90. The summed E-state index contributed by atoms with van der Waals surface area (Å²) >= 11 is 0. The zero-order chi connectivity index (χ0) is 23.2. The SMILES string of the molecule is COc1cccc(NC(=O)NC[C@H]2O[C@H](Cc3cc(-c4ccc(F)cc4)on3)CC[C@@H]2O)c1. The first-order valence-corrected chi connectivity index (χ1v) is 10.7. The van der Waals surface area contributed by atoms with Gasteiger partial charge in [0, 0.05) is 36.3 Å². The van der Waals surface area contributed by atoms with Crippen molar-refractivity contribution in [3.05, 3.63) is 66.1 Å². The van der Waals surface area contributed by atoms with E-state index in [-0.39, 0.29) is 18.5 Å². The van der Waals surface area contributed by atoms with Gasteiger partial charge >= 0.3 is 6.03 Å². The van der Waals surface area contributed by atoms with Gasteiger partial charge in [0.05, 0.1) is 25.0 Å². The number of amides is 2. The Labute approximate surface area is 190 Å². The zero-order valence-corrected chi connectivity index (χ0v) is 18.2. The Morgan fingerprint density at radius 3 is 2.82 bits per heavy atom. The van der Waals surface area contributed by atoms with Crippen LogP contribution in [0.3, 0.4) is 0 Å². The number of nitrogens with one attached hydrogen (secondary N) is 2. The first kappa shape index (κ1) is 22.8. The van der Waals surface area contributed by atoms with Gasteiger partial charge in [-0.05, 0) is 49.2 Å². The molecule has 0 aliphatic carbocycles. The Morgan fingerprint density at radius 1 is 1.21 bits per heavy atom. The largest absolute Gasteiger partial charge is 0.497 e. The lowest BCUT2D eigenvalue weighted by molar-refractivity contribution is -0.113. The fourth-order valence-corrected chi connectivity index (χ4v) is 3.74. The number of aromatic nitrogens is 1. The van der Waals surface area contributed by atoms with E-state index in [0.29, 0.717) is 42.2 Å². The molecule has 3 N–H and O–H groups in total. The van der Waals surface area contributed by atoms with Gasteiger partial charge in [-0.3, -0.25) is 0 Å². The summed E-state index contributed by atoms with van der Waals surface area (Å²) in [6, 6.07) is 14.4. The number of urea groups is 1. The highest BCUT2D eigenvalue weighted by atomic mass is 19.1. The summed E-state index contributed by atoms with van der Waals surface area (Å²) in [6.07, 6.45) is 0.328. The van der Waals surface area contributed by atoms with Crippen molar-refractivity contribution in [3.63, 3.8) is 0 Å². The van der Waals surface area contributed by atoms with Crippen LogP contribution in [0.4, 0.5) is 14.9 Å². The third-order valence-corrected chi connectivity index (χ3v) is 5.50. The number of hydrogen-bond donors (Lipinski definition) is 3. The minimum atomic E-state index is -0.676. The lowest BCUT2D eigenvalue weighted by atomic mass is 9.98. The number of halogens is 1. The van der Waals surface area contributed by atoms with Gasteiger partial charge < -0.3 is 29.7 Å². The Hall–Kier alpha value is -3.43. The second kappa shape index (κ2) is 10.5. The number of carbonyl (C=O) groups is 1. The quantitative estimate of drug-likeness (QED) is 0.501. The highest BCUT2D eigenvalue weighted by Crippen LogP contribution is 2.25. The molecule has 1 aliphatic heterocycles. The first-order chi connectivity index (χ1) is 16.0. The monoisotopic (exact) mass is 455 g/mol. The van der Waals surface area contributed by atoms with Gasteiger partial charge in [-0.25, -0.2) is 9.18 Å². The van der Waals surface area contributed by atoms with E-state index in [9.17, 15) is 14.3 Å². The van der Waals surface area contributed by atoms with Crippen LogP contribution in [0.1, 0.15) is 18.5 Å². The van der Waals surface area contributed by atoms with E-state index in [1.165, 1.54) is 12.1 Å². The molecular weight excluding hydrogens is 429 g/mol. The average molecular weight is 455 g/mol. The van der Waals surface area contributed by atoms with Crippen LogP contribution in [0.25, 0.3) is 11.3 Å². The molecule has 4 rings (SSSR count). The normalized spacial score (nSPS) is 20.3. The molecule has 0 bridgehead atoms. The van der Waals surface area contributed by atoms with Gasteiger partial charge in [-0.1, -0.05) is 11.2 Å². The van der Waals surface area contributed by atoms with Crippen LogP contribution in [0.5, 0.6) is 5.75 Å². The van der Waals surface area contributed by atoms with E-state index < -0.39 is 18.2 Å². The van der Waals surface area contributed by atoms with E-state index in [2.05, 4.69) is 15.8 Å². The average Bonchev–Trinajstić information content (AvgIpc) is 3.28. The van der Waals surface area contributed by atoms with Crippen molar-refractivity contribution in [2.24, 2.45) is 0 Å². The summed E-state index contributed by atoms with van der Waals surface area (Å²) in [4.78, 5) is 12.2. The predicted octanol–water partition coefficient (Wildman–Crippen LogP) is 3.76. The maximum Gasteiger partial charge on any atom is 0.319 e. The van der Waals surface area contributed by atoms with Crippen molar-refractivity contribution in [2.75, 3.05) is 19.0 Å². The van der Waals surface area contributed by atoms with Crippen LogP contribution in [-0.2, 0) is 11.2 Å². The van der Waals surface area contributed by atoms with Gasteiger partial charge in [0.2, 0.25) is 0 Å². The third kappa shape index (κ3) is 6.09. The summed E-state index contributed by atoms with van der Waals surface area (Å²) in [5, 5.41) is 19.9. The minimum absolute atomic E-state index is 0.160. The molecule has 0 unspecified atom stereocenters. The highest BCUT2D eigenvalue weighted by Gasteiger charge is 2.31. The molecule has 2 amide bonds. The molecule has 1 fully saturated rings. The summed E-state index contributed by atoms with van der Waals surface area (Å²) in [5.41, 5.74) is 2.04. The van der Waals surface area contributed by atoms with Crippen LogP contribution in [0.2, 0.25) is 0 Å². The lowest BCUT2D eigenvalue weighted by Gasteiger charge is -2.33. The van der Waals surface area contributed by atoms with Crippen LogP contribution < -0.4 is 15.4 Å². The minimum Gasteiger partial charge on any atom is -0.497 e. The Kier molecular flexibility index (Phi) is 7.21. The van der Waals surface area contributed by atoms with Crippen molar-refractivity contribution in [3.8, 4) is 17.1 Å². The predicted molar refractivity (Wildman–Crippen MR) is 120 cm³/mol. The van der Waals surface area contributed by atoms with Gasteiger partial charge in [0.25, 0.3) is 0 Å². The van der Waals surface area contributed by atoms with Crippen LogP contribution in [0, 0.1) is 5.82 Å². The number of nitrogens with zero attached hydrogens (tertiary/aromatic N) is 1. The van der Waals surface area contributed by atoms with E-state index >= 15 is 0 Å². The molecule has 174 valence electrons. The number of methoxy groups -OCH3 is 1. The Balaban J connectivity index is 1.29. The number of anilines is 1. The van der Waals surface area contributed by atoms with Crippen LogP contribution in [-0.4, -0.2) is 48.3 Å². The molecule has 2 aromatic carbocycles. The molecule has 3 aromatic rings. The van der Waals surface area contributed by atoms with E-state index in [1.807, 2.05) is 0 Å². The number of aliphatic hydroxyl groups is 1. The zero-order valence-electron chi connectivity index (χ0n) is 18.2. The van der Waals surface area contributed by atoms with Gasteiger partial charge in [-0.2, -0.15) is 0 Å². The maximum atomic E-state index is 13.1. The molecule has 9 heteroatoms. The highest BCUT2D eigenvalue weighted by molar-refractivity contribution is 5.89. The van der Waals surface area contributed by atoms with Crippen LogP contribution in [0.15, 0.2) is 59.1 Å². The van der Waals surface area contributed by atoms with Crippen molar-refractivity contribution in [1.82, 2.24) is 10.5 Å². The number of hydrogen-bond acceptors (Lipinski definition) is 6. The molecule has 1 aromatic heterocycles. The number of rotatable bonds is 7. The molecule has 3 atom stereocenters. The van der Waals surface area contributed by atoms with Crippen molar-refractivity contribution in [1.29, 1.82) is 0 Å². The first-order valence-electron chi connectivity index (χ1n) is 10.7. The molecule has 2 heterocycles. The maximum absolute atomic E-state index is 13.1. The number of carbonyl (C=O) groups excluding carboxylic acids is 1. The lowest BCUT2D eigenvalue weighted by Crippen LogP contribution is -2.47. The van der Waals surface area contributed by atoms with Gasteiger partial charge in [0.1, 0.15) is 17.7 Å². The fraction of sp³-hybridized carbons (Fsp3) is 0.333. The van der Waals surface area contributed by atoms with Gasteiger partial charge in [0.15, 0.2) is 5.76 Å². The van der Waals surface area contributed by atoms with Crippen LogP contribution >= 0.6 is 0 Å². The molecule has 33 heavy (non-hydrogen) atoms. The summed E-state index contributed by atoms with van der Waals surface area (Å²) in [7, 11) is 1.56. The second-order valence-corrected chi connectivity index (χ2v) is 7.90. The number of aliphatic hydroxyl groups excluding tert-OH is 1. The molecule has 1 aliphatic rings. The molecule has 1 saturated heterocycles. The molecule has 8 nitrogen and oxygen atoms in total. The van der Waals surface area contributed by atoms with Crippen molar-refractivity contribution in [2.45, 2.75) is 37.6 Å². The van der Waals surface area contributed by atoms with Gasteiger partial charge in [-0.15, -0.1) is 0 Å². The standard InChI is InChI=1S/C24H26FN3O5/c1-31-19-4-2-3-17(11-19)27-24(30)26-14-23-21(29)10-9-20(32-23)12-18-13-22(33-28-18)15-5-7-16(25)8-6-15/h2-8,11,13,20-21,23,29H,9-10,12,14H2,1H3,(H2,26,27,30)/t20-,21-,23+/m0/s1. The topological polar surface area (TPSA) is 106 Å². The van der Waals surface area contributed by atoms with Crippen molar-refractivity contribution < 1.29 is 28.3 Å². The number of ether oxygens (including phenoxy) is 2. The molecule has 0 radical (unpaired) electrons. The smallest absolute Gasteiger partial charge is 0.319 e. The molecule has 0 spiro atoms. The van der Waals surface area contributed by atoms with Crippen molar-refractivity contribution >= 4 is 11.7 Å². The molecule has 0 saturated carbocycles. The Morgan fingerprint density at radius 2 is 2.03 bits per heavy atom. The summed E-state index contributed by atoms with van der Waals surface area (Å²) in [6.45, 7) is 0.160. The third-order valence-electron chi connectivity index (χ3n) is 5.50.